The quantitative estimate of drug-likeness (QED) is 0.377. The Bertz CT molecular complexity index is 712. The van der Waals surface area contributed by atoms with Gasteiger partial charge in [0.05, 0.1) is 0 Å². The van der Waals surface area contributed by atoms with Crippen LogP contribution >= 0.6 is 0 Å². The molecule has 0 saturated heterocycles. The first-order valence-electron chi connectivity index (χ1n) is 12.5. The fourth-order valence-electron chi connectivity index (χ4n) is 6.94. The van der Waals surface area contributed by atoms with E-state index in [9.17, 15) is 31.4 Å². The lowest BCUT2D eigenvalue weighted by Crippen LogP contribution is -2.56. The molecule has 3 aliphatic rings. The Kier molecular flexibility index (Phi) is 8.02. The lowest BCUT2D eigenvalue weighted by molar-refractivity contribution is -0.370. The van der Waals surface area contributed by atoms with E-state index in [0.717, 1.165) is 32.1 Å². The Morgan fingerprint density at radius 1 is 0.939 bits per heavy atom. The van der Waals surface area contributed by atoms with Crippen molar-refractivity contribution in [1.82, 2.24) is 0 Å². The molecule has 7 heteroatoms. The Morgan fingerprint density at radius 3 is 2.18 bits per heavy atom. The van der Waals surface area contributed by atoms with Crippen LogP contribution in [0.2, 0.25) is 0 Å². The van der Waals surface area contributed by atoms with Crippen molar-refractivity contribution in [2.24, 2.45) is 23.2 Å². The van der Waals surface area contributed by atoms with E-state index in [1.165, 1.54) is 43.3 Å². The number of alkyl halides is 6. The first kappa shape index (κ1) is 26.6. The van der Waals surface area contributed by atoms with Crippen LogP contribution in [-0.4, -0.2) is 23.1 Å². The number of hydrogen-bond donors (Lipinski definition) is 1. The molecular formula is C26H38F6O. The van der Waals surface area contributed by atoms with Gasteiger partial charge in [-0.15, -0.1) is 0 Å². The van der Waals surface area contributed by atoms with E-state index in [-0.39, 0.29) is 30.1 Å². The average Bonchev–Trinajstić information content (AvgIpc) is 3.08. The van der Waals surface area contributed by atoms with Crippen molar-refractivity contribution in [3.05, 3.63) is 23.3 Å². The second-order valence-corrected chi connectivity index (χ2v) is 10.9. The number of allylic oxidation sites excluding steroid dienone is 4. The van der Waals surface area contributed by atoms with Crippen LogP contribution in [0, 0.1) is 23.2 Å². The van der Waals surface area contributed by atoms with Crippen molar-refractivity contribution in [1.29, 1.82) is 0 Å². The van der Waals surface area contributed by atoms with Gasteiger partial charge in [-0.1, -0.05) is 50.0 Å². The number of rotatable bonds is 6. The van der Waals surface area contributed by atoms with Gasteiger partial charge in [-0.25, -0.2) is 0 Å². The zero-order valence-electron chi connectivity index (χ0n) is 19.8. The minimum Gasteiger partial charge on any atom is -0.374 e. The van der Waals surface area contributed by atoms with E-state index in [2.05, 4.69) is 19.1 Å². The van der Waals surface area contributed by atoms with Gasteiger partial charge < -0.3 is 5.11 Å². The summed E-state index contributed by atoms with van der Waals surface area (Å²) in [6, 6.07) is 0. The van der Waals surface area contributed by atoms with Crippen LogP contribution in [-0.2, 0) is 0 Å². The van der Waals surface area contributed by atoms with Crippen molar-refractivity contribution in [2.75, 3.05) is 0 Å². The van der Waals surface area contributed by atoms with E-state index in [0.29, 0.717) is 5.92 Å². The first-order chi connectivity index (χ1) is 15.3. The number of hydrogen-bond acceptors (Lipinski definition) is 1. The van der Waals surface area contributed by atoms with Crippen molar-refractivity contribution in [3.8, 4) is 0 Å². The average molecular weight is 481 g/mol. The van der Waals surface area contributed by atoms with Crippen LogP contribution in [0.3, 0.4) is 0 Å². The van der Waals surface area contributed by atoms with Crippen molar-refractivity contribution < 1.29 is 31.4 Å². The highest BCUT2D eigenvalue weighted by molar-refractivity contribution is 5.25. The molecule has 0 spiro atoms. The van der Waals surface area contributed by atoms with Crippen molar-refractivity contribution >= 4 is 0 Å². The van der Waals surface area contributed by atoms with Crippen LogP contribution in [0.4, 0.5) is 26.3 Å². The normalized spacial score (nSPS) is 31.5. The van der Waals surface area contributed by atoms with Crippen LogP contribution in [0.15, 0.2) is 23.3 Å². The van der Waals surface area contributed by atoms with Gasteiger partial charge in [0.1, 0.15) is 0 Å². The standard InChI is InChI=1S/C26H38F6O/c1-18(8-6-17-24(33,25(27,28)29)26(30,31)32)21-14-15-22-20(11-7-16-23(21,22)2)13-12-19-9-4-3-5-10-19/h12-13,18,21-22,33H,3-11,14-17H2,1-2H3. The van der Waals surface area contributed by atoms with Crippen LogP contribution in [0.1, 0.15) is 97.3 Å². The third-order valence-corrected chi connectivity index (χ3v) is 8.89. The van der Waals surface area contributed by atoms with Crippen LogP contribution < -0.4 is 0 Å². The summed E-state index contributed by atoms with van der Waals surface area (Å²) in [7, 11) is 0. The third-order valence-electron chi connectivity index (χ3n) is 8.89. The molecule has 190 valence electrons. The molecule has 0 amide bonds. The molecule has 1 nitrogen and oxygen atoms in total. The van der Waals surface area contributed by atoms with Crippen molar-refractivity contribution in [2.45, 2.75) is 115 Å². The molecule has 3 aliphatic carbocycles. The van der Waals surface area contributed by atoms with Gasteiger partial charge in [-0.05, 0) is 93.8 Å². The highest BCUT2D eigenvalue weighted by Gasteiger charge is 2.69. The Hall–Kier alpha value is -0.980. The summed E-state index contributed by atoms with van der Waals surface area (Å²) in [5.74, 6) is 0.738. The fourth-order valence-corrected chi connectivity index (χ4v) is 6.94. The maximum atomic E-state index is 13.0. The molecule has 0 aromatic rings. The zero-order chi connectivity index (χ0) is 24.5. The van der Waals surface area contributed by atoms with E-state index < -0.39 is 24.4 Å². The van der Waals surface area contributed by atoms with Crippen LogP contribution in [0.5, 0.6) is 0 Å². The molecule has 3 fully saturated rings. The third kappa shape index (κ3) is 5.48. The van der Waals surface area contributed by atoms with E-state index in [1.54, 1.807) is 0 Å². The van der Waals surface area contributed by atoms with E-state index in [4.69, 9.17) is 0 Å². The Balaban J connectivity index is 1.65. The predicted molar refractivity (Wildman–Crippen MR) is 117 cm³/mol. The molecule has 0 aromatic carbocycles. The van der Waals surface area contributed by atoms with Gasteiger partial charge >= 0.3 is 12.4 Å². The van der Waals surface area contributed by atoms with Gasteiger partial charge in [0.25, 0.3) is 5.60 Å². The summed E-state index contributed by atoms with van der Waals surface area (Å²) >= 11 is 0. The smallest absolute Gasteiger partial charge is 0.374 e. The topological polar surface area (TPSA) is 20.2 Å². The van der Waals surface area contributed by atoms with Crippen LogP contribution in [0.25, 0.3) is 0 Å². The monoisotopic (exact) mass is 480 g/mol. The summed E-state index contributed by atoms with van der Waals surface area (Å²) < 4.78 is 77.9. The fraction of sp³-hybridized carbons (Fsp3) is 0.846. The highest BCUT2D eigenvalue weighted by atomic mass is 19.4. The molecule has 1 N–H and O–H groups in total. The summed E-state index contributed by atoms with van der Waals surface area (Å²) in [5, 5.41) is 9.44. The lowest BCUT2D eigenvalue weighted by atomic mass is 9.60. The minimum absolute atomic E-state index is 0.0155. The SMILES string of the molecule is CC(CCCC(O)(C(F)(F)F)C(F)(F)F)C1CCC2C(=CC=C3CCCCC3)CCCC21C. The second-order valence-electron chi connectivity index (χ2n) is 10.9. The summed E-state index contributed by atoms with van der Waals surface area (Å²) in [6.07, 6.45) is 3.16. The van der Waals surface area contributed by atoms with E-state index >= 15 is 0 Å². The molecule has 0 aliphatic heterocycles. The Morgan fingerprint density at radius 2 is 1.58 bits per heavy atom. The molecule has 0 bridgehead atoms. The summed E-state index contributed by atoms with van der Waals surface area (Å²) in [6.45, 7) is 4.23. The number of fused-ring (bicyclic) bond motifs is 1. The van der Waals surface area contributed by atoms with Gasteiger partial charge in [0, 0.05) is 0 Å². The largest absolute Gasteiger partial charge is 0.426 e. The molecule has 0 aromatic heterocycles. The molecule has 3 rings (SSSR count). The predicted octanol–water partition coefficient (Wildman–Crippen LogP) is 8.68. The highest BCUT2D eigenvalue weighted by Crippen LogP contribution is 2.60. The van der Waals surface area contributed by atoms with Gasteiger partial charge in [0.2, 0.25) is 0 Å². The molecule has 4 unspecified atom stereocenters. The first-order valence-corrected chi connectivity index (χ1v) is 12.5. The zero-order valence-corrected chi connectivity index (χ0v) is 19.8. The van der Waals surface area contributed by atoms with Crippen molar-refractivity contribution in [3.63, 3.8) is 0 Å². The maximum Gasteiger partial charge on any atom is 0.426 e. The minimum atomic E-state index is -5.73. The molecule has 33 heavy (non-hydrogen) atoms. The van der Waals surface area contributed by atoms with Gasteiger partial charge in [0.15, 0.2) is 0 Å². The summed E-state index contributed by atoms with van der Waals surface area (Å²) in [5.41, 5.74) is -1.60. The molecule has 4 atom stereocenters. The van der Waals surface area contributed by atoms with Gasteiger partial charge in [-0.2, -0.15) is 26.3 Å². The molecule has 0 heterocycles. The molecular weight excluding hydrogens is 442 g/mol. The lowest BCUT2D eigenvalue weighted by Gasteiger charge is -2.44. The number of aliphatic hydroxyl groups is 1. The summed E-state index contributed by atoms with van der Waals surface area (Å²) in [4.78, 5) is 0. The maximum absolute atomic E-state index is 13.0. The molecule has 3 saturated carbocycles. The Labute approximate surface area is 193 Å². The second kappa shape index (κ2) is 9.94. The van der Waals surface area contributed by atoms with E-state index in [1.807, 2.05) is 6.92 Å². The number of halogens is 6. The molecule has 0 radical (unpaired) electrons. The van der Waals surface area contributed by atoms with Gasteiger partial charge in [-0.3, -0.25) is 0 Å².